The number of aromatic nitrogens is 2. The van der Waals surface area contributed by atoms with E-state index in [9.17, 15) is 9.90 Å². The van der Waals surface area contributed by atoms with Crippen LogP contribution in [0.2, 0.25) is 0 Å². The number of carboxylic acids is 1. The average molecular weight is 340 g/mol. The van der Waals surface area contributed by atoms with E-state index in [0.29, 0.717) is 12.3 Å². The van der Waals surface area contributed by atoms with Crippen molar-refractivity contribution >= 4 is 17.0 Å². The van der Waals surface area contributed by atoms with E-state index in [1.807, 2.05) is 24.5 Å². The third-order valence-electron chi connectivity index (χ3n) is 4.17. The van der Waals surface area contributed by atoms with Gasteiger partial charge >= 0.3 is 5.97 Å². The zero-order chi connectivity index (χ0) is 18.0. The molecule has 1 heterocycles. The van der Waals surface area contributed by atoms with Gasteiger partial charge in [-0.05, 0) is 55.3 Å². The highest BCUT2D eigenvalue weighted by atomic mass is 16.5. The lowest BCUT2D eigenvalue weighted by atomic mass is 10.1. The van der Waals surface area contributed by atoms with Crippen LogP contribution in [-0.2, 0) is 6.54 Å². The van der Waals surface area contributed by atoms with Gasteiger partial charge in [-0.1, -0.05) is 6.07 Å². The van der Waals surface area contributed by atoms with Crippen LogP contribution in [-0.4, -0.2) is 38.4 Å². The molecule has 0 saturated heterocycles. The fourth-order valence-electron chi connectivity index (χ4n) is 2.65. The molecule has 2 N–H and O–H groups in total. The summed E-state index contributed by atoms with van der Waals surface area (Å²) < 4.78 is 7.41. The molecule has 2 aromatic carbocycles. The van der Waals surface area contributed by atoms with Crippen molar-refractivity contribution in [2.45, 2.75) is 26.5 Å². The SMILES string of the molecule is Cc1cc2ncn(C[C@@H](O)COc3cccc(C(=O)O)c3)c2cc1C. The summed E-state index contributed by atoms with van der Waals surface area (Å²) in [6.45, 7) is 4.49. The highest BCUT2D eigenvalue weighted by molar-refractivity contribution is 5.88. The molecule has 0 spiro atoms. The number of carboxylic acid groups (broad SMARTS) is 1. The maximum atomic E-state index is 11.0. The molecule has 0 unspecified atom stereocenters. The summed E-state index contributed by atoms with van der Waals surface area (Å²) in [5, 5.41) is 19.2. The second-order valence-corrected chi connectivity index (χ2v) is 6.12. The first kappa shape index (κ1) is 17.0. The quantitative estimate of drug-likeness (QED) is 0.721. The van der Waals surface area contributed by atoms with Crippen LogP contribution in [0.15, 0.2) is 42.7 Å². The summed E-state index contributed by atoms with van der Waals surface area (Å²) >= 11 is 0. The minimum atomic E-state index is -1.01. The monoisotopic (exact) mass is 340 g/mol. The molecule has 0 aliphatic carbocycles. The molecule has 25 heavy (non-hydrogen) atoms. The number of nitrogens with zero attached hydrogens (tertiary/aromatic N) is 2. The van der Waals surface area contributed by atoms with Crippen LogP contribution in [0, 0.1) is 13.8 Å². The smallest absolute Gasteiger partial charge is 0.335 e. The molecule has 0 radical (unpaired) electrons. The predicted molar refractivity (Wildman–Crippen MR) is 94.1 cm³/mol. The molecule has 3 aromatic rings. The van der Waals surface area contributed by atoms with Crippen molar-refractivity contribution in [2.75, 3.05) is 6.61 Å². The molecular formula is C19H20N2O4. The standard InChI is InChI=1S/C19H20N2O4/c1-12-6-17-18(7-13(12)2)21(11-20-17)9-15(22)10-25-16-5-3-4-14(8-16)19(23)24/h3-8,11,15,22H,9-10H2,1-2H3,(H,23,24)/t15-/m1/s1. The zero-order valence-corrected chi connectivity index (χ0v) is 14.1. The van der Waals surface area contributed by atoms with Crippen LogP contribution >= 0.6 is 0 Å². The van der Waals surface area contributed by atoms with E-state index < -0.39 is 12.1 Å². The summed E-state index contributed by atoms with van der Waals surface area (Å²) in [5.41, 5.74) is 4.37. The minimum Gasteiger partial charge on any atom is -0.491 e. The van der Waals surface area contributed by atoms with Crippen molar-refractivity contribution < 1.29 is 19.7 Å². The molecular weight excluding hydrogens is 320 g/mol. The van der Waals surface area contributed by atoms with E-state index in [-0.39, 0.29) is 12.2 Å². The number of imidazole rings is 1. The average Bonchev–Trinajstić information content (AvgIpc) is 2.95. The van der Waals surface area contributed by atoms with E-state index in [0.717, 1.165) is 11.0 Å². The van der Waals surface area contributed by atoms with Crippen LogP contribution < -0.4 is 4.74 Å². The van der Waals surface area contributed by atoms with Crippen molar-refractivity contribution in [3.8, 4) is 5.75 Å². The first-order chi connectivity index (χ1) is 11.9. The van der Waals surface area contributed by atoms with Gasteiger partial charge in [0, 0.05) is 0 Å². The van der Waals surface area contributed by atoms with Crippen LogP contribution in [0.4, 0.5) is 0 Å². The first-order valence-corrected chi connectivity index (χ1v) is 8.00. The molecule has 0 saturated carbocycles. The largest absolute Gasteiger partial charge is 0.491 e. The maximum Gasteiger partial charge on any atom is 0.335 e. The molecule has 0 aliphatic rings. The molecule has 3 rings (SSSR count). The van der Waals surface area contributed by atoms with Gasteiger partial charge in [-0.25, -0.2) is 9.78 Å². The van der Waals surface area contributed by atoms with Crippen LogP contribution in [0.25, 0.3) is 11.0 Å². The number of fused-ring (bicyclic) bond motifs is 1. The van der Waals surface area contributed by atoms with Crippen LogP contribution in [0.3, 0.4) is 0 Å². The van der Waals surface area contributed by atoms with E-state index >= 15 is 0 Å². The van der Waals surface area contributed by atoms with Gasteiger partial charge in [0.2, 0.25) is 0 Å². The van der Waals surface area contributed by atoms with Gasteiger partial charge in [0.1, 0.15) is 18.5 Å². The number of aliphatic hydroxyl groups excluding tert-OH is 1. The second kappa shape index (κ2) is 6.94. The molecule has 6 nitrogen and oxygen atoms in total. The topological polar surface area (TPSA) is 84.6 Å². The Balaban J connectivity index is 1.67. The Morgan fingerprint density at radius 2 is 2.00 bits per heavy atom. The highest BCUT2D eigenvalue weighted by Gasteiger charge is 2.11. The van der Waals surface area contributed by atoms with Crippen molar-refractivity contribution in [3.63, 3.8) is 0 Å². The molecule has 1 aromatic heterocycles. The summed E-state index contributed by atoms with van der Waals surface area (Å²) in [7, 11) is 0. The number of rotatable bonds is 6. The van der Waals surface area contributed by atoms with Crippen molar-refractivity contribution in [3.05, 3.63) is 59.4 Å². The number of hydrogen-bond donors (Lipinski definition) is 2. The molecule has 0 aliphatic heterocycles. The van der Waals surface area contributed by atoms with Crippen LogP contribution in [0.1, 0.15) is 21.5 Å². The zero-order valence-electron chi connectivity index (χ0n) is 14.1. The number of carbonyl (C=O) groups is 1. The van der Waals surface area contributed by atoms with Gasteiger partial charge in [0.25, 0.3) is 0 Å². The summed E-state index contributed by atoms with van der Waals surface area (Å²) in [5.74, 6) is -0.595. The van der Waals surface area contributed by atoms with Gasteiger partial charge in [0.05, 0.1) is 29.5 Å². The van der Waals surface area contributed by atoms with Gasteiger partial charge in [0.15, 0.2) is 0 Å². The van der Waals surface area contributed by atoms with Gasteiger partial charge in [-0.3, -0.25) is 0 Å². The molecule has 0 amide bonds. The number of aryl methyl sites for hydroxylation is 2. The minimum absolute atomic E-state index is 0.0631. The second-order valence-electron chi connectivity index (χ2n) is 6.12. The first-order valence-electron chi connectivity index (χ1n) is 8.00. The van der Waals surface area contributed by atoms with Crippen molar-refractivity contribution in [2.24, 2.45) is 0 Å². The predicted octanol–water partition coefficient (Wildman–Crippen LogP) is 2.79. The third-order valence-corrected chi connectivity index (χ3v) is 4.17. The Bertz CT molecular complexity index is 917. The number of ether oxygens (including phenoxy) is 1. The molecule has 6 heteroatoms. The molecule has 0 bridgehead atoms. The summed E-state index contributed by atoms with van der Waals surface area (Å²) in [6.07, 6.45) is 0.963. The highest BCUT2D eigenvalue weighted by Crippen LogP contribution is 2.19. The lowest BCUT2D eigenvalue weighted by molar-refractivity contribution is 0.0695. The van der Waals surface area contributed by atoms with Gasteiger partial charge in [-0.2, -0.15) is 0 Å². The van der Waals surface area contributed by atoms with Gasteiger partial charge < -0.3 is 19.5 Å². The molecule has 130 valence electrons. The fourth-order valence-corrected chi connectivity index (χ4v) is 2.65. The number of aliphatic hydroxyl groups is 1. The number of benzene rings is 2. The summed E-state index contributed by atoms with van der Waals surface area (Å²) in [6, 6.07) is 10.3. The lowest BCUT2D eigenvalue weighted by Gasteiger charge is -2.14. The van der Waals surface area contributed by atoms with Crippen molar-refractivity contribution in [1.82, 2.24) is 9.55 Å². The van der Waals surface area contributed by atoms with E-state index in [4.69, 9.17) is 9.84 Å². The van der Waals surface area contributed by atoms with E-state index in [2.05, 4.69) is 11.1 Å². The Kier molecular flexibility index (Phi) is 4.72. The Morgan fingerprint density at radius 1 is 1.24 bits per heavy atom. The summed E-state index contributed by atoms with van der Waals surface area (Å²) in [4.78, 5) is 15.3. The Morgan fingerprint density at radius 3 is 2.76 bits per heavy atom. The van der Waals surface area contributed by atoms with E-state index in [1.54, 1.807) is 18.5 Å². The van der Waals surface area contributed by atoms with Crippen LogP contribution in [0.5, 0.6) is 5.75 Å². The van der Waals surface area contributed by atoms with E-state index in [1.165, 1.54) is 23.3 Å². The maximum absolute atomic E-state index is 11.0. The number of hydrogen-bond acceptors (Lipinski definition) is 4. The molecule has 0 fully saturated rings. The molecule has 1 atom stereocenters. The number of aromatic carboxylic acids is 1. The lowest BCUT2D eigenvalue weighted by Crippen LogP contribution is -2.23. The normalized spacial score (nSPS) is 12.3. The Hall–Kier alpha value is -2.86. The third kappa shape index (κ3) is 3.80. The fraction of sp³-hybridized carbons (Fsp3) is 0.263. The Labute approximate surface area is 145 Å². The van der Waals surface area contributed by atoms with Crippen molar-refractivity contribution in [1.29, 1.82) is 0 Å². The van der Waals surface area contributed by atoms with Gasteiger partial charge in [-0.15, -0.1) is 0 Å².